The minimum absolute atomic E-state index is 0.0303. The Morgan fingerprint density at radius 2 is 2.07 bits per heavy atom. The number of fused-ring (bicyclic) bond motifs is 1. The maximum absolute atomic E-state index is 11.5. The Kier molecular flexibility index (Phi) is 2.28. The second-order valence-corrected chi connectivity index (χ2v) is 3.95. The zero-order chi connectivity index (χ0) is 10.3. The number of piperidine rings is 1. The lowest BCUT2D eigenvalue weighted by atomic mass is 10.3. The van der Waals surface area contributed by atoms with Gasteiger partial charge in [-0.2, -0.15) is 0 Å². The summed E-state index contributed by atoms with van der Waals surface area (Å²) in [6.45, 7) is 0.658. The first-order chi connectivity index (χ1) is 6.65. The van der Waals surface area contributed by atoms with Gasteiger partial charge in [0.2, 0.25) is 11.8 Å². The lowest BCUT2D eigenvalue weighted by Gasteiger charge is -2.20. The standard InChI is InChI=1S/C9H14N2O3/c1-14-4-5(10)3-11-8(12)6-2-7(6)9(11)13/h5-7H,2-4,10H2,1H3. The van der Waals surface area contributed by atoms with Crippen molar-refractivity contribution in [2.24, 2.45) is 17.6 Å². The van der Waals surface area contributed by atoms with Gasteiger partial charge in [-0.05, 0) is 6.42 Å². The normalized spacial score (nSPS) is 32.0. The van der Waals surface area contributed by atoms with Gasteiger partial charge in [-0.3, -0.25) is 14.5 Å². The number of methoxy groups -OCH3 is 1. The average molecular weight is 198 g/mol. The molecule has 1 saturated heterocycles. The van der Waals surface area contributed by atoms with Crippen LogP contribution >= 0.6 is 0 Å². The minimum Gasteiger partial charge on any atom is -0.383 e. The van der Waals surface area contributed by atoms with Crippen molar-refractivity contribution in [2.45, 2.75) is 12.5 Å². The molecule has 0 bridgehead atoms. The molecular weight excluding hydrogens is 184 g/mol. The third-order valence-corrected chi connectivity index (χ3v) is 2.75. The molecule has 2 amide bonds. The second-order valence-electron chi connectivity index (χ2n) is 3.95. The third kappa shape index (κ3) is 1.42. The number of amides is 2. The highest BCUT2D eigenvalue weighted by molar-refractivity contribution is 6.08. The van der Waals surface area contributed by atoms with E-state index >= 15 is 0 Å². The highest BCUT2D eigenvalue weighted by Crippen LogP contribution is 2.46. The maximum atomic E-state index is 11.5. The number of likely N-dealkylation sites (tertiary alicyclic amines) is 1. The van der Waals surface area contributed by atoms with Gasteiger partial charge in [0, 0.05) is 19.7 Å². The molecule has 5 heteroatoms. The highest BCUT2D eigenvalue weighted by Gasteiger charge is 2.58. The van der Waals surface area contributed by atoms with E-state index < -0.39 is 0 Å². The van der Waals surface area contributed by atoms with Crippen LogP contribution < -0.4 is 5.73 Å². The van der Waals surface area contributed by atoms with Crippen molar-refractivity contribution in [1.82, 2.24) is 4.90 Å². The van der Waals surface area contributed by atoms with E-state index in [9.17, 15) is 9.59 Å². The summed E-state index contributed by atoms with van der Waals surface area (Å²) in [6.07, 6.45) is 0.744. The zero-order valence-corrected chi connectivity index (χ0v) is 8.10. The molecule has 2 fully saturated rings. The second kappa shape index (κ2) is 3.33. The van der Waals surface area contributed by atoms with E-state index in [1.165, 1.54) is 4.90 Å². The number of ether oxygens (including phenoxy) is 1. The van der Waals surface area contributed by atoms with Gasteiger partial charge < -0.3 is 10.5 Å². The van der Waals surface area contributed by atoms with E-state index in [2.05, 4.69) is 0 Å². The van der Waals surface area contributed by atoms with Crippen LogP contribution in [0.2, 0.25) is 0 Å². The number of hydrogen-bond acceptors (Lipinski definition) is 4. The predicted octanol–water partition coefficient (Wildman–Crippen LogP) is -1.03. The molecule has 14 heavy (non-hydrogen) atoms. The smallest absolute Gasteiger partial charge is 0.233 e. The van der Waals surface area contributed by atoms with Gasteiger partial charge in [-0.15, -0.1) is 0 Å². The van der Waals surface area contributed by atoms with Crippen molar-refractivity contribution in [2.75, 3.05) is 20.3 Å². The molecule has 1 aliphatic heterocycles. The zero-order valence-electron chi connectivity index (χ0n) is 8.10. The maximum Gasteiger partial charge on any atom is 0.233 e. The van der Waals surface area contributed by atoms with Crippen LogP contribution in [0.15, 0.2) is 0 Å². The average Bonchev–Trinajstić information content (AvgIpc) is 2.87. The SMILES string of the molecule is COCC(N)CN1C(=O)C2CC2C1=O. The number of hydrogen-bond donors (Lipinski definition) is 1. The van der Waals surface area contributed by atoms with Crippen LogP contribution in [0.3, 0.4) is 0 Å². The molecule has 3 unspecified atom stereocenters. The van der Waals surface area contributed by atoms with E-state index in [0.717, 1.165) is 6.42 Å². The third-order valence-electron chi connectivity index (χ3n) is 2.75. The number of imide groups is 1. The summed E-state index contributed by atoms with van der Waals surface area (Å²) in [5.41, 5.74) is 5.68. The van der Waals surface area contributed by atoms with Crippen LogP contribution in [-0.2, 0) is 14.3 Å². The molecule has 0 aromatic rings. The Morgan fingerprint density at radius 1 is 1.50 bits per heavy atom. The van der Waals surface area contributed by atoms with E-state index in [1.54, 1.807) is 7.11 Å². The van der Waals surface area contributed by atoms with Crippen molar-refractivity contribution in [3.05, 3.63) is 0 Å². The summed E-state index contributed by atoms with van der Waals surface area (Å²) < 4.78 is 4.85. The van der Waals surface area contributed by atoms with Crippen LogP contribution in [0.4, 0.5) is 0 Å². The Hall–Kier alpha value is -0.940. The molecule has 0 spiro atoms. The number of carbonyl (C=O) groups excluding carboxylic acids is 2. The molecule has 0 radical (unpaired) electrons. The van der Waals surface area contributed by atoms with Gasteiger partial charge >= 0.3 is 0 Å². The molecule has 2 aliphatic rings. The van der Waals surface area contributed by atoms with Crippen molar-refractivity contribution in [3.63, 3.8) is 0 Å². The monoisotopic (exact) mass is 198 g/mol. The van der Waals surface area contributed by atoms with E-state index in [4.69, 9.17) is 10.5 Å². The lowest BCUT2D eigenvalue weighted by molar-refractivity contribution is -0.141. The number of carbonyl (C=O) groups is 2. The topological polar surface area (TPSA) is 72.6 Å². The van der Waals surface area contributed by atoms with Crippen molar-refractivity contribution in [1.29, 1.82) is 0 Å². The van der Waals surface area contributed by atoms with Crippen LogP contribution in [0.25, 0.3) is 0 Å². The number of nitrogens with zero attached hydrogens (tertiary/aromatic N) is 1. The van der Waals surface area contributed by atoms with Gasteiger partial charge in [0.05, 0.1) is 18.4 Å². The van der Waals surface area contributed by atoms with Crippen molar-refractivity contribution in [3.8, 4) is 0 Å². The summed E-state index contributed by atoms with van der Waals surface area (Å²) in [7, 11) is 1.55. The van der Waals surface area contributed by atoms with E-state index in [0.29, 0.717) is 13.2 Å². The van der Waals surface area contributed by atoms with E-state index in [-0.39, 0.29) is 29.7 Å². The molecular formula is C9H14N2O3. The lowest BCUT2D eigenvalue weighted by Crippen LogP contribution is -2.44. The fraction of sp³-hybridized carbons (Fsp3) is 0.778. The molecule has 1 aliphatic carbocycles. The molecule has 2 N–H and O–H groups in total. The summed E-state index contributed by atoms with van der Waals surface area (Å²) in [4.78, 5) is 24.3. The first kappa shape index (κ1) is 9.61. The Balaban J connectivity index is 1.92. The number of rotatable bonds is 4. The van der Waals surface area contributed by atoms with Crippen molar-refractivity contribution >= 4 is 11.8 Å². The molecule has 3 atom stereocenters. The van der Waals surface area contributed by atoms with Gasteiger partial charge in [0.25, 0.3) is 0 Å². The van der Waals surface area contributed by atoms with Crippen LogP contribution in [0.1, 0.15) is 6.42 Å². The molecule has 0 aromatic carbocycles. The first-order valence-electron chi connectivity index (χ1n) is 4.75. The summed E-state index contributed by atoms with van der Waals surface area (Å²) in [6, 6.07) is -0.273. The summed E-state index contributed by atoms with van der Waals surface area (Å²) in [5.74, 6) is -0.160. The molecule has 0 aromatic heterocycles. The van der Waals surface area contributed by atoms with Crippen molar-refractivity contribution < 1.29 is 14.3 Å². The fourth-order valence-electron chi connectivity index (χ4n) is 1.93. The van der Waals surface area contributed by atoms with Crippen LogP contribution in [0.5, 0.6) is 0 Å². The fourth-order valence-corrected chi connectivity index (χ4v) is 1.93. The molecule has 2 rings (SSSR count). The summed E-state index contributed by atoms with van der Waals surface area (Å²) >= 11 is 0. The van der Waals surface area contributed by atoms with Gasteiger partial charge in [-0.25, -0.2) is 0 Å². The predicted molar refractivity (Wildman–Crippen MR) is 48.2 cm³/mol. The Labute approximate surface area is 82.2 Å². The summed E-state index contributed by atoms with van der Waals surface area (Å²) in [5, 5.41) is 0. The number of nitrogens with two attached hydrogens (primary N) is 1. The molecule has 1 saturated carbocycles. The van der Waals surface area contributed by atoms with E-state index in [1.807, 2.05) is 0 Å². The van der Waals surface area contributed by atoms with Gasteiger partial charge in [0.15, 0.2) is 0 Å². The molecule has 78 valence electrons. The quantitative estimate of drug-likeness (QED) is 0.586. The minimum atomic E-state index is -0.273. The van der Waals surface area contributed by atoms with Crippen LogP contribution in [-0.4, -0.2) is 43.0 Å². The Morgan fingerprint density at radius 3 is 2.57 bits per heavy atom. The Bertz CT molecular complexity index is 259. The van der Waals surface area contributed by atoms with Gasteiger partial charge in [-0.1, -0.05) is 0 Å². The molecule has 5 nitrogen and oxygen atoms in total. The van der Waals surface area contributed by atoms with Crippen LogP contribution in [0, 0.1) is 11.8 Å². The largest absolute Gasteiger partial charge is 0.383 e. The van der Waals surface area contributed by atoms with Gasteiger partial charge in [0.1, 0.15) is 0 Å². The molecule has 1 heterocycles. The highest BCUT2D eigenvalue weighted by atomic mass is 16.5. The first-order valence-corrected chi connectivity index (χ1v) is 4.75.